The van der Waals surface area contributed by atoms with Gasteiger partial charge >= 0.3 is 0 Å². The lowest BCUT2D eigenvalue weighted by Gasteiger charge is -2.30. The third-order valence-corrected chi connectivity index (χ3v) is 4.19. The molecule has 0 atom stereocenters. The molecule has 0 aliphatic carbocycles. The van der Waals surface area contributed by atoms with E-state index in [1.54, 1.807) is 12.1 Å². The van der Waals surface area contributed by atoms with Crippen LogP contribution in [0.4, 0.5) is 0 Å². The molecule has 0 fully saturated rings. The predicted octanol–water partition coefficient (Wildman–Crippen LogP) is 4.18. The van der Waals surface area contributed by atoms with E-state index in [2.05, 4.69) is 45.7 Å². The van der Waals surface area contributed by atoms with E-state index in [9.17, 15) is 9.90 Å². The summed E-state index contributed by atoms with van der Waals surface area (Å²) in [7, 11) is 0. The second kappa shape index (κ2) is 7.90. The predicted molar refractivity (Wildman–Crippen MR) is 85.0 cm³/mol. The summed E-state index contributed by atoms with van der Waals surface area (Å²) in [5.74, 6) is 0.0603. The lowest BCUT2D eigenvalue weighted by atomic mass is 10.1. The van der Waals surface area contributed by atoms with Gasteiger partial charge in [-0.2, -0.15) is 0 Å². The third-order valence-electron chi connectivity index (χ3n) is 3.16. The Morgan fingerprint density at radius 3 is 2.47 bits per heavy atom. The van der Waals surface area contributed by atoms with Crippen LogP contribution in [0.1, 0.15) is 37.0 Å². The van der Waals surface area contributed by atoms with Gasteiger partial charge in [0, 0.05) is 23.5 Å². The van der Waals surface area contributed by atoms with Crippen LogP contribution < -0.4 is 0 Å². The Kier molecular flexibility index (Phi) is 6.86. The molecule has 0 aromatic heterocycles. The molecule has 0 heterocycles. The summed E-state index contributed by atoms with van der Waals surface area (Å²) in [5, 5.41) is 10.4. The molecule has 5 heteroatoms. The van der Waals surface area contributed by atoms with E-state index in [0.717, 1.165) is 18.2 Å². The van der Waals surface area contributed by atoms with Crippen molar-refractivity contribution in [1.82, 2.24) is 4.90 Å². The van der Waals surface area contributed by atoms with Gasteiger partial charge in [-0.25, -0.2) is 0 Å². The van der Waals surface area contributed by atoms with Crippen LogP contribution in [-0.4, -0.2) is 33.8 Å². The first-order valence-corrected chi connectivity index (χ1v) is 8.32. The molecule has 0 bridgehead atoms. The van der Waals surface area contributed by atoms with Crippen molar-refractivity contribution in [1.29, 1.82) is 0 Å². The summed E-state index contributed by atoms with van der Waals surface area (Å²) in [6, 6.07) is 5.17. The van der Waals surface area contributed by atoms with Gasteiger partial charge in [-0.1, -0.05) is 29.8 Å². The summed E-state index contributed by atoms with van der Waals surface area (Å²) in [6.45, 7) is 4.84. The minimum Gasteiger partial charge on any atom is -0.507 e. The molecular formula is C14H19Br2NO2. The van der Waals surface area contributed by atoms with Crippen molar-refractivity contribution in [3.05, 3.63) is 28.2 Å². The fourth-order valence-electron chi connectivity index (χ4n) is 2.08. The monoisotopic (exact) mass is 391 g/mol. The Balaban J connectivity index is 3.01. The molecule has 1 aromatic carbocycles. The largest absolute Gasteiger partial charge is 0.507 e. The molecule has 1 aromatic rings. The van der Waals surface area contributed by atoms with Crippen molar-refractivity contribution in [2.24, 2.45) is 0 Å². The first kappa shape index (κ1) is 16.5. The van der Waals surface area contributed by atoms with Crippen LogP contribution >= 0.6 is 31.9 Å². The lowest BCUT2D eigenvalue weighted by Crippen LogP contribution is -2.41. The van der Waals surface area contributed by atoms with Gasteiger partial charge in [0.15, 0.2) is 0 Å². The number of aromatic hydroxyl groups is 1. The van der Waals surface area contributed by atoms with Gasteiger partial charge in [-0.3, -0.25) is 4.79 Å². The SMILES string of the molecule is CCC(CC)N(CCBr)C(=O)c1ccc(Br)c(O)c1. The summed E-state index contributed by atoms with van der Waals surface area (Å²) < 4.78 is 0.596. The highest BCUT2D eigenvalue weighted by Gasteiger charge is 2.22. The lowest BCUT2D eigenvalue weighted by molar-refractivity contribution is 0.0682. The molecule has 106 valence electrons. The van der Waals surface area contributed by atoms with E-state index < -0.39 is 0 Å². The fourth-order valence-corrected chi connectivity index (χ4v) is 2.71. The van der Waals surface area contributed by atoms with Crippen LogP contribution in [0.15, 0.2) is 22.7 Å². The van der Waals surface area contributed by atoms with Gasteiger partial charge in [0.1, 0.15) is 5.75 Å². The number of carbonyl (C=O) groups is 1. The average molecular weight is 393 g/mol. The quantitative estimate of drug-likeness (QED) is 0.737. The minimum atomic E-state index is -0.0315. The van der Waals surface area contributed by atoms with E-state index >= 15 is 0 Å². The number of benzene rings is 1. The van der Waals surface area contributed by atoms with Crippen molar-refractivity contribution in [3.63, 3.8) is 0 Å². The first-order valence-electron chi connectivity index (χ1n) is 6.40. The number of nitrogens with zero attached hydrogens (tertiary/aromatic N) is 1. The molecule has 0 radical (unpaired) electrons. The number of phenols is 1. The number of hydrogen-bond donors (Lipinski definition) is 1. The van der Waals surface area contributed by atoms with Crippen molar-refractivity contribution in [2.45, 2.75) is 32.7 Å². The number of halogens is 2. The van der Waals surface area contributed by atoms with Crippen LogP contribution in [-0.2, 0) is 0 Å². The summed E-state index contributed by atoms with van der Waals surface area (Å²) in [6.07, 6.45) is 1.86. The van der Waals surface area contributed by atoms with Crippen molar-refractivity contribution in [2.75, 3.05) is 11.9 Å². The zero-order valence-electron chi connectivity index (χ0n) is 11.2. The first-order chi connectivity index (χ1) is 9.04. The number of amides is 1. The number of carbonyl (C=O) groups excluding carboxylic acids is 1. The Morgan fingerprint density at radius 2 is 2.00 bits per heavy atom. The van der Waals surface area contributed by atoms with E-state index in [4.69, 9.17) is 0 Å². The molecule has 0 unspecified atom stereocenters. The molecule has 0 aliphatic heterocycles. The average Bonchev–Trinajstić information content (AvgIpc) is 2.41. The number of rotatable bonds is 6. The third kappa shape index (κ3) is 4.21. The Bertz CT molecular complexity index is 433. The van der Waals surface area contributed by atoms with Crippen LogP contribution in [0.2, 0.25) is 0 Å². The van der Waals surface area contributed by atoms with Crippen LogP contribution in [0.3, 0.4) is 0 Å². The number of phenolic OH excluding ortho intramolecular Hbond substituents is 1. The molecular weight excluding hydrogens is 374 g/mol. The maximum atomic E-state index is 12.5. The molecule has 1 rings (SSSR count). The van der Waals surface area contributed by atoms with Gasteiger partial charge < -0.3 is 10.0 Å². The Morgan fingerprint density at radius 1 is 1.37 bits per heavy atom. The summed E-state index contributed by atoms with van der Waals surface area (Å²) in [5.41, 5.74) is 0.522. The van der Waals surface area contributed by atoms with Crippen LogP contribution in [0, 0.1) is 0 Å². The van der Waals surface area contributed by atoms with Crippen molar-refractivity contribution >= 4 is 37.8 Å². The minimum absolute atomic E-state index is 0.0315. The fraction of sp³-hybridized carbons (Fsp3) is 0.500. The molecule has 0 saturated carbocycles. The van der Waals surface area contributed by atoms with E-state index in [1.807, 2.05) is 4.90 Å². The molecule has 0 spiro atoms. The summed E-state index contributed by atoms with van der Waals surface area (Å²) >= 11 is 6.61. The Hall–Kier alpha value is -0.550. The van der Waals surface area contributed by atoms with E-state index in [0.29, 0.717) is 16.6 Å². The van der Waals surface area contributed by atoms with Gasteiger partial charge in [0.05, 0.1) is 4.47 Å². The second-order valence-electron chi connectivity index (χ2n) is 4.32. The number of hydrogen-bond acceptors (Lipinski definition) is 2. The highest BCUT2D eigenvalue weighted by Crippen LogP contribution is 2.25. The highest BCUT2D eigenvalue weighted by molar-refractivity contribution is 9.10. The van der Waals surface area contributed by atoms with Gasteiger partial charge in [-0.05, 0) is 47.0 Å². The van der Waals surface area contributed by atoms with Crippen molar-refractivity contribution < 1.29 is 9.90 Å². The smallest absolute Gasteiger partial charge is 0.254 e. The molecule has 3 nitrogen and oxygen atoms in total. The standard InChI is InChI=1S/C14H19Br2NO2/c1-3-11(4-2)17(8-7-15)14(19)10-5-6-12(16)13(18)9-10/h5-6,9,11,18H,3-4,7-8H2,1-2H3. The molecule has 1 amide bonds. The highest BCUT2D eigenvalue weighted by atomic mass is 79.9. The topological polar surface area (TPSA) is 40.5 Å². The van der Waals surface area contributed by atoms with Gasteiger partial charge in [0.2, 0.25) is 0 Å². The maximum absolute atomic E-state index is 12.5. The molecule has 1 N–H and O–H groups in total. The molecule has 0 saturated heterocycles. The zero-order valence-corrected chi connectivity index (χ0v) is 14.4. The van der Waals surface area contributed by atoms with E-state index in [-0.39, 0.29) is 17.7 Å². The maximum Gasteiger partial charge on any atom is 0.254 e. The zero-order chi connectivity index (χ0) is 14.4. The normalized spacial score (nSPS) is 10.8. The van der Waals surface area contributed by atoms with Crippen LogP contribution in [0.5, 0.6) is 5.75 Å². The summed E-state index contributed by atoms with van der Waals surface area (Å²) in [4.78, 5) is 14.4. The Labute approximate surface area is 131 Å². The number of alkyl halides is 1. The second-order valence-corrected chi connectivity index (χ2v) is 5.97. The van der Waals surface area contributed by atoms with E-state index in [1.165, 1.54) is 6.07 Å². The van der Waals surface area contributed by atoms with Crippen LogP contribution in [0.25, 0.3) is 0 Å². The molecule has 0 aliphatic rings. The van der Waals surface area contributed by atoms with Gasteiger partial charge in [-0.15, -0.1) is 0 Å². The van der Waals surface area contributed by atoms with Gasteiger partial charge in [0.25, 0.3) is 5.91 Å². The molecule has 19 heavy (non-hydrogen) atoms. The van der Waals surface area contributed by atoms with Crippen molar-refractivity contribution in [3.8, 4) is 5.75 Å².